The molecule has 0 bridgehead atoms. The van der Waals surface area contributed by atoms with E-state index in [0.29, 0.717) is 5.56 Å². The molecule has 0 saturated heterocycles. The summed E-state index contributed by atoms with van der Waals surface area (Å²) in [4.78, 5) is 12.2. The van der Waals surface area contributed by atoms with Crippen LogP contribution >= 0.6 is 0 Å². The van der Waals surface area contributed by atoms with Crippen LogP contribution in [0, 0.1) is 6.92 Å². The number of aryl methyl sites for hydroxylation is 2. The fourth-order valence-electron chi connectivity index (χ4n) is 2.16. The van der Waals surface area contributed by atoms with Crippen LogP contribution in [0.2, 0.25) is 0 Å². The molecule has 0 aromatic heterocycles. The minimum Gasteiger partial charge on any atom is -0.268 e. The number of carbonyl (C=O) groups is 1. The summed E-state index contributed by atoms with van der Waals surface area (Å²) >= 11 is 0. The lowest BCUT2D eigenvalue weighted by Crippen LogP contribution is -2.30. The van der Waals surface area contributed by atoms with Crippen molar-refractivity contribution in [3.63, 3.8) is 0 Å². The van der Waals surface area contributed by atoms with Crippen LogP contribution in [0.3, 0.4) is 0 Å². The number of carbonyl (C=O) groups excluding carboxylic acids is 1. The highest BCUT2D eigenvalue weighted by atomic mass is 32.2. The normalized spacial score (nSPS) is 11.2. The van der Waals surface area contributed by atoms with Crippen molar-refractivity contribution in [2.45, 2.75) is 38.0 Å². The molecule has 0 aliphatic heterocycles. The van der Waals surface area contributed by atoms with Gasteiger partial charge in [0.1, 0.15) is 0 Å². The third-order valence-electron chi connectivity index (χ3n) is 3.59. The molecule has 5 heteroatoms. The van der Waals surface area contributed by atoms with Crippen molar-refractivity contribution in [3.8, 4) is 0 Å². The Morgan fingerprint density at radius 2 is 1.61 bits per heavy atom. The molecule has 0 saturated carbocycles. The Balaban J connectivity index is 2.10. The number of sulfonamides is 1. The lowest BCUT2D eigenvalue weighted by atomic mass is 10.1. The van der Waals surface area contributed by atoms with Crippen molar-refractivity contribution in [2.24, 2.45) is 0 Å². The summed E-state index contributed by atoms with van der Waals surface area (Å²) in [6.45, 7) is 3.99. The Morgan fingerprint density at radius 1 is 1.00 bits per heavy atom. The van der Waals surface area contributed by atoms with E-state index < -0.39 is 15.9 Å². The van der Waals surface area contributed by atoms with Crippen LogP contribution in [0.15, 0.2) is 53.4 Å². The van der Waals surface area contributed by atoms with Crippen molar-refractivity contribution >= 4 is 15.9 Å². The molecule has 1 amide bonds. The van der Waals surface area contributed by atoms with Gasteiger partial charge in [0.25, 0.3) is 15.9 Å². The zero-order chi connectivity index (χ0) is 16.9. The first-order chi connectivity index (χ1) is 10.9. The van der Waals surface area contributed by atoms with Gasteiger partial charge in [0.2, 0.25) is 0 Å². The lowest BCUT2D eigenvalue weighted by Gasteiger charge is -2.08. The SMILES string of the molecule is CCCCc1ccc(C(=O)NS(=O)(=O)c2ccc(C)cc2)cc1. The maximum absolute atomic E-state index is 12.2. The quantitative estimate of drug-likeness (QED) is 0.882. The van der Waals surface area contributed by atoms with Crippen LogP contribution in [-0.2, 0) is 16.4 Å². The van der Waals surface area contributed by atoms with E-state index in [1.807, 2.05) is 19.1 Å². The van der Waals surface area contributed by atoms with Gasteiger partial charge >= 0.3 is 0 Å². The number of rotatable bonds is 6. The van der Waals surface area contributed by atoms with E-state index in [4.69, 9.17) is 0 Å². The van der Waals surface area contributed by atoms with Gasteiger partial charge in [-0.3, -0.25) is 4.79 Å². The number of benzene rings is 2. The molecule has 0 aliphatic carbocycles. The molecule has 0 unspecified atom stereocenters. The molecule has 0 radical (unpaired) electrons. The molecule has 0 aliphatic rings. The summed E-state index contributed by atoms with van der Waals surface area (Å²) in [7, 11) is -3.85. The highest BCUT2D eigenvalue weighted by Crippen LogP contribution is 2.12. The van der Waals surface area contributed by atoms with E-state index in [1.165, 1.54) is 12.1 Å². The zero-order valence-corrected chi connectivity index (χ0v) is 14.2. The molecule has 0 atom stereocenters. The van der Waals surface area contributed by atoms with E-state index in [2.05, 4.69) is 11.6 Å². The highest BCUT2D eigenvalue weighted by molar-refractivity contribution is 7.90. The molecule has 0 fully saturated rings. The Labute approximate surface area is 137 Å². The molecule has 4 nitrogen and oxygen atoms in total. The van der Waals surface area contributed by atoms with E-state index >= 15 is 0 Å². The van der Waals surface area contributed by atoms with E-state index in [9.17, 15) is 13.2 Å². The van der Waals surface area contributed by atoms with Crippen LogP contribution in [0.25, 0.3) is 0 Å². The molecule has 1 N–H and O–H groups in total. The van der Waals surface area contributed by atoms with Gasteiger partial charge in [0, 0.05) is 5.56 Å². The van der Waals surface area contributed by atoms with Crippen molar-refractivity contribution in [1.82, 2.24) is 4.72 Å². The first kappa shape index (κ1) is 17.2. The molecule has 122 valence electrons. The maximum Gasteiger partial charge on any atom is 0.264 e. The summed E-state index contributed by atoms with van der Waals surface area (Å²) in [5.41, 5.74) is 2.43. The molecule has 0 heterocycles. The average Bonchev–Trinajstić information content (AvgIpc) is 2.53. The second-order valence-electron chi connectivity index (χ2n) is 5.55. The van der Waals surface area contributed by atoms with Crippen LogP contribution in [0.1, 0.15) is 41.3 Å². The van der Waals surface area contributed by atoms with Crippen molar-refractivity contribution in [3.05, 3.63) is 65.2 Å². The van der Waals surface area contributed by atoms with Crippen LogP contribution in [0.4, 0.5) is 0 Å². The zero-order valence-electron chi connectivity index (χ0n) is 13.4. The predicted molar refractivity (Wildman–Crippen MR) is 90.9 cm³/mol. The summed E-state index contributed by atoms with van der Waals surface area (Å²) in [5.74, 6) is -0.618. The summed E-state index contributed by atoms with van der Waals surface area (Å²) in [6, 6.07) is 13.4. The summed E-state index contributed by atoms with van der Waals surface area (Å²) in [5, 5.41) is 0. The average molecular weight is 331 g/mol. The Bertz CT molecular complexity index is 763. The van der Waals surface area contributed by atoms with Gasteiger partial charge < -0.3 is 0 Å². The minimum atomic E-state index is -3.85. The Kier molecular flexibility index (Phi) is 5.55. The Morgan fingerprint density at radius 3 is 2.17 bits per heavy atom. The second-order valence-corrected chi connectivity index (χ2v) is 7.23. The second kappa shape index (κ2) is 7.42. The van der Waals surface area contributed by atoms with E-state index in [1.54, 1.807) is 24.3 Å². The number of nitrogens with one attached hydrogen (secondary N) is 1. The minimum absolute atomic E-state index is 0.0796. The molecule has 2 aromatic rings. The van der Waals surface area contributed by atoms with Gasteiger partial charge in [0.15, 0.2) is 0 Å². The molecule has 0 spiro atoms. The lowest BCUT2D eigenvalue weighted by molar-refractivity contribution is 0.0981. The van der Waals surface area contributed by atoms with Gasteiger partial charge in [0.05, 0.1) is 4.90 Å². The van der Waals surface area contributed by atoms with E-state index in [0.717, 1.165) is 30.4 Å². The maximum atomic E-state index is 12.2. The Hall–Kier alpha value is -2.14. The van der Waals surface area contributed by atoms with Gasteiger partial charge in [-0.15, -0.1) is 0 Å². The standard InChI is InChI=1S/C18H21NO3S/c1-3-4-5-15-8-10-16(11-9-15)18(20)19-23(21,22)17-12-6-14(2)7-13-17/h6-13H,3-5H2,1-2H3,(H,19,20). The third kappa shape index (κ3) is 4.66. The first-order valence-corrected chi connectivity index (χ1v) is 9.13. The molecule has 23 heavy (non-hydrogen) atoms. The largest absolute Gasteiger partial charge is 0.268 e. The fraction of sp³-hybridized carbons (Fsp3) is 0.278. The van der Waals surface area contributed by atoms with Crippen molar-refractivity contribution in [1.29, 1.82) is 0 Å². The molecular formula is C18H21NO3S. The highest BCUT2D eigenvalue weighted by Gasteiger charge is 2.18. The number of hydrogen-bond donors (Lipinski definition) is 1. The fourth-order valence-corrected chi connectivity index (χ4v) is 3.14. The number of amides is 1. The van der Waals surface area contributed by atoms with Gasteiger partial charge in [-0.1, -0.05) is 43.2 Å². The van der Waals surface area contributed by atoms with Gasteiger partial charge in [-0.05, 0) is 49.6 Å². The topological polar surface area (TPSA) is 63.2 Å². The number of unbranched alkanes of at least 4 members (excludes halogenated alkanes) is 1. The van der Waals surface area contributed by atoms with Crippen LogP contribution < -0.4 is 4.72 Å². The molecular weight excluding hydrogens is 310 g/mol. The van der Waals surface area contributed by atoms with Gasteiger partial charge in [-0.2, -0.15) is 0 Å². The molecule has 2 aromatic carbocycles. The van der Waals surface area contributed by atoms with Crippen molar-refractivity contribution < 1.29 is 13.2 Å². The van der Waals surface area contributed by atoms with Crippen LogP contribution in [-0.4, -0.2) is 14.3 Å². The number of hydrogen-bond acceptors (Lipinski definition) is 3. The van der Waals surface area contributed by atoms with Gasteiger partial charge in [-0.25, -0.2) is 13.1 Å². The van der Waals surface area contributed by atoms with E-state index in [-0.39, 0.29) is 4.90 Å². The smallest absolute Gasteiger partial charge is 0.264 e. The molecule has 2 rings (SSSR count). The first-order valence-electron chi connectivity index (χ1n) is 7.65. The van der Waals surface area contributed by atoms with Crippen molar-refractivity contribution in [2.75, 3.05) is 0 Å². The summed E-state index contributed by atoms with van der Waals surface area (Å²) < 4.78 is 26.5. The monoisotopic (exact) mass is 331 g/mol. The predicted octanol–water partition coefficient (Wildman–Crippen LogP) is 3.46. The summed E-state index contributed by atoms with van der Waals surface area (Å²) in [6.07, 6.45) is 3.16. The third-order valence-corrected chi connectivity index (χ3v) is 4.94. The van der Waals surface area contributed by atoms with Crippen LogP contribution in [0.5, 0.6) is 0 Å².